The standard InChI is InChI=1S/C17H14BrIO/c18-14-8-9-16(19)15(10-14)17(20)13-6-4-12(5-7-13)11-2-1-3-11/h4-11H,1-3H2. The van der Waals surface area contributed by atoms with Crippen LogP contribution in [0.15, 0.2) is 46.9 Å². The summed E-state index contributed by atoms with van der Waals surface area (Å²) in [7, 11) is 0. The third-order valence-corrected chi connectivity index (χ3v) is 5.36. The van der Waals surface area contributed by atoms with Crippen LogP contribution in [0, 0.1) is 3.57 Å². The zero-order valence-electron chi connectivity index (χ0n) is 10.9. The van der Waals surface area contributed by atoms with Gasteiger partial charge in [-0.25, -0.2) is 0 Å². The molecule has 1 aliphatic rings. The first-order valence-corrected chi connectivity index (χ1v) is 8.62. The SMILES string of the molecule is O=C(c1ccc(C2CCC2)cc1)c1cc(Br)ccc1I. The maximum Gasteiger partial charge on any atom is 0.194 e. The van der Waals surface area contributed by atoms with Gasteiger partial charge < -0.3 is 0 Å². The Bertz CT molecular complexity index is 645. The first kappa shape index (κ1) is 14.3. The lowest BCUT2D eigenvalue weighted by molar-refractivity contribution is 0.103. The zero-order valence-corrected chi connectivity index (χ0v) is 14.6. The van der Waals surface area contributed by atoms with Crippen molar-refractivity contribution in [3.63, 3.8) is 0 Å². The molecule has 1 nitrogen and oxygen atoms in total. The average molecular weight is 441 g/mol. The molecule has 0 spiro atoms. The number of ketones is 1. The molecule has 0 radical (unpaired) electrons. The van der Waals surface area contributed by atoms with E-state index >= 15 is 0 Å². The Balaban J connectivity index is 1.88. The summed E-state index contributed by atoms with van der Waals surface area (Å²) in [5, 5.41) is 0. The first-order valence-electron chi connectivity index (χ1n) is 6.75. The molecule has 0 aliphatic heterocycles. The van der Waals surface area contributed by atoms with Gasteiger partial charge in [0.05, 0.1) is 0 Å². The van der Waals surface area contributed by atoms with Crippen molar-refractivity contribution in [3.05, 3.63) is 67.2 Å². The van der Waals surface area contributed by atoms with E-state index in [1.165, 1.54) is 24.8 Å². The Morgan fingerprint density at radius 3 is 2.40 bits per heavy atom. The molecule has 0 bridgehead atoms. The highest BCUT2D eigenvalue weighted by molar-refractivity contribution is 14.1. The summed E-state index contributed by atoms with van der Waals surface area (Å²) in [5.41, 5.74) is 2.90. The fourth-order valence-electron chi connectivity index (χ4n) is 2.48. The minimum Gasteiger partial charge on any atom is -0.289 e. The second-order valence-electron chi connectivity index (χ2n) is 5.20. The molecule has 102 valence electrons. The van der Waals surface area contributed by atoms with Gasteiger partial charge in [0.1, 0.15) is 0 Å². The molecular formula is C17H14BrIO. The number of benzene rings is 2. The largest absolute Gasteiger partial charge is 0.289 e. The van der Waals surface area contributed by atoms with Gasteiger partial charge in [-0.2, -0.15) is 0 Å². The van der Waals surface area contributed by atoms with Gasteiger partial charge in [-0.05, 0) is 65.1 Å². The van der Waals surface area contributed by atoms with Gasteiger partial charge in [0.2, 0.25) is 0 Å². The number of hydrogen-bond acceptors (Lipinski definition) is 1. The predicted molar refractivity (Wildman–Crippen MR) is 93.3 cm³/mol. The first-order chi connectivity index (χ1) is 9.65. The fraction of sp³-hybridized carbons (Fsp3) is 0.235. The summed E-state index contributed by atoms with van der Waals surface area (Å²) >= 11 is 5.64. The lowest BCUT2D eigenvalue weighted by Gasteiger charge is -2.25. The number of carbonyl (C=O) groups is 1. The normalized spacial score (nSPS) is 14.9. The predicted octanol–water partition coefficient (Wildman–Crippen LogP) is 5.55. The van der Waals surface area contributed by atoms with Crippen LogP contribution in [0.3, 0.4) is 0 Å². The van der Waals surface area contributed by atoms with Crippen molar-refractivity contribution in [2.45, 2.75) is 25.2 Å². The Labute approximate surface area is 141 Å². The van der Waals surface area contributed by atoms with Crippen LogP contribution in [0.2, 0.25) is 0 Å². The molecule has 2 aromatic rings. The molecule has 0 heterocycles. The van der Waals surface area contributed by atoms with Crippen LogP contribution < -0.4 is 0 Å². The molecular weight excluding hydrogens is 427 g/mol. The lowest BCUT2D eigenvalue weighted by atomic mass is 9.80. The lowest BCUT2D eigenvalue weighted by Crippen LogP contribution is -2.09. The maximum atomic E-state index is 12.6. The summed E-state index contributed by atoms with van der Waals surface area (Å²) in [4.78, 5) is 12.6. The fourth-order valence-corrected chi connectivity index (χ4v) is 3.42. The number of rotatable bonds is 3. The van der Waals surface area contributed by atoms with E-state index < -0.39 is 0 Å². The third-order valence-electron chi connectivity index (χ3n) is 3.92. The number of carbonyl (C=O) groups excluding carboxylic acids is 1. The van der Waals surface area contributed by atoms with Crippen LogP contribution >= 0.6 is 38.5 Å². The summed E-state index contributed by atoms with van der Waals surface area (Å²) in [5.74, 6) is 0.806. The van der Waals surface area contributed by atoms with E-state index in [4.69, 9.17) is 0 Å². The second-order valence-corrected chi connectivity index (χ2v) is 7.28. The molecule has 0 unspecified atom stereocenters. The minimum atomic E-state index is 0.0934. The van der Waals surface area contributed by atoms with Gasteiger partial charge in [-0.1, -0.05) is 46.6 Å². The van der Waals surface area contributed by atoms with Crippen LogP contribution in [0.25, 0.3) is 0 Å². The molecule has 1 aliphatic carbocycles. The van der Waals surface area contributed by atoms with Crippen molar-refractivity contribution >= 4 is 44.3 Å². The van der Waals surface area contributed by atoms with Gasteiger partial charge in [-0.3, -0.25) is 4.79 Å². The summed E-state index contributed by atoms with van der Waals surface area (Å²) in [6.45, 7) is 0. The van der Waals surface area contributed by atoms with Gasteiger partial charge in [0.25, 0.3) is 0 Å². The monoisotopic (exact) mass is 440 g/mol. The molecule has 0 saturated heterocycles. The Hall–Kier alpha value is -0.680. The van der Waals surface area contributed by atoms with E-state index in [-0.39, 0.29) is 5.78 Å². The molecule has 3 rings (SSSR count). The quantitative estimate of drug-likeness (QED) is 0.451. The van der Waals surface area contributed by atoms with Crippen LogP contribution in [0.4, 0.5) is 0 Å². The number of halogens is 2. The molecule has 1 fully saturated rings. The van der Waals surface area contributed by atoms with E-state index in [9.17, 15) is 4.79 Å². The molecule has 3 heteroatoms. The van der Waals surface area contributed by atoms with Gasteiger partial charge >= 0.3 is 0 Å². The van der Waals surface area contributed by atoms with E-state index in [1.807, 2.05) is 30.3 Å². The van der Waals surface area contributed by atoms with Gasteiger partial charge in [-0.15, -0.1) is 0 Å². The van der Waals surface area contributed by atoms with Crippen LogP contribution in [-0.4, -0.2) is 5.78 Å². The highest BCUT2D eigenvalue weighted by Crippen LogP contribution is 2.36. The average Bonchev–Trinajstić information content (AvgIpc) is 2.40. The van der Waals surface area contributed by atoms with Gasteiger partial charge in [0, 0.05) is 19.2 Å². The van der Waals surface area contributed by atoms with Crippen molar-refractivity contribution in [1.82, 2.24) is 0 Å². The third kappa shape index (κ3) is 2.84. The Morgan fingerprint density at radius 1 is 1.10 bits per heavy atom. The topological polar surface area (TPSA) is 17.1 Å². The minimum absolute atomic E-state index is 0.0934. The van der Waals surface area contributed by atoms with Crippen LogP contribution in [0.5, 0.6) is 0 Å². The van der Waals surface area contributed by atoms with Crippen molar-refractivity contribution in [2.24, 2.45) is 0 Å². The van der Waals surface area contributed by atoms with E-state index in [1.54, 1.807) is 0 Å². The molecule has 0 aromatic heterocycles. The van der Waals surface area contributed by atoms with Crippen molar-refractivity contribution in [1.29, 1.82) is 0 Å². The van der Waals surface area contributed by atoms with Crippen LogP contribution in [-0.2, 0) is 0 Å². The number of hydrogen-bond donors (Lipinski definition) is 0. The molecule has 0 amide bonds. The molecule has 20 heavy (non-hydrogen) atoms. The van der Waals surface area contributed by atoms with Crippen molar-refractivity contribution in [3.8, 4) is 0 Å². The second kappa shape index (κ2) is 5.98. The van der Waals surface area contributed by atoms with E-state index in [2.05, 4.69) is 50.7 Å². The van der Waals surface area contributed by atoms with Gasteiger partial charge in [0.15, 0.2) is 5.78 Å². The van der Waals surface area contributed by atoms with Crippen molar-refractivity contribution < 1.29 is 4.79 Å². The molecule has 0 atom stereocenters. The van der Waals surface area contributed by atoms with Crippen LogP contribution in [0.1, 0.15) is 46.7 Å². The Kier molecular flexibility index (Phi) is 4.26. The molecule has 2 aromatic carbocycles. The van der Waals surface area contributed by atoms with E-state index in [0.29, 0.717) is 5.92 Å². The highest BCUT2D eigenvalue weighted by atomic mass is 127. The Morgan fingerprint density at radius 2 is 1.80 bits per heavy atom. The molecule has 1 saturated carbocycles. The van der Waals surface area contributed by atoms with E-state index in [0.717, 1.165) is 19.2 Å². The smallest absolute Gasteiger partial charge is 0.194 e. The zero-order chi connectivity index (χ0) is 14.1. The molecule has 0 N–H and O–H groups in total. The summed E-state index contributed by atoms with van der Waals surface area (Å²) in [6.07, 6.45) is 3.91. The maximum absolute atomic E-state index is 12.6. The summed E-state index contributed by atoms with van der Waals surface area (Å²) < 4.78 is 1.92. The van der Waals surface area contributed by atoms with Crippen molar-refractivity contribution in [2.75, 3.05) is 0 Å². The summed E-state index contributed by atoms with van der Waals surface area (Å²) in [6, 6.07) is 14.0. The highest BCUT2D eigenvalue weighted by Gasteiger charge is 2.20.